The monoisotopic (exact) mass is 558 g/mol. The third-order valence-electron chi connectivity index (χ3n) is 6.04. The molecule has 0 saturated carbocycles. The molecule has 192 valence electrons. The minimum Gasteiger partial charge on any atom is -0.488 e. The highest BCUT2D eigenvalue weighted by Gasteiger charge is 2.31. The standard InChI is InChI=1S/C27H24Cl2N2O5S/c1-27(2)6-5-19-12-24(3-4-25(19)36-27)37(34,35)31(16-26(32)33)15-18-7-17(14-30)8-20(9-18)21-10-22(28)13-23(29)11-21/h3-4,7-13H,5-6,15-16H2,1-2H3,(H,32,33). The van der Waals surface area contributed by atoms with Crippen LogP contribution in [0.15, 0.2) is 59.5 Å². The van der Waals surface area contributed by atoms with E-state index in [1.54, 1.807) is 42.5 Å². The summed E-state index contributed by atoms with van der Waals surface area (Å²) in [7, 11) is -4.20. The largest absolute Gasteiger partial charge is 0.488 e. The third kappa shape index (κ3) is 6.25. The Labute approximate surface area is 225 Å². The minimum atomic E-state index is -4.20. The van der Waals surface area contributed by atoms with Gasteiger partial charge < -0.3 is 9.84 Å². The zero-order valence-electron chi connectivity index (χ0n) is 20.2. The fourth-order valence-corrected chi connectivity index (χ4v) is 6.21. The molecule has 10 heteroatoms. The average molecular weight is 559 g/mol. The van der Waals surface area contributed by atoms with Crippen LogP contribution in [0.1, 0.15) is 37.0 Å². The molecular formula is C27H24Cl2N2O5S. The Balaban J connectivity index is 1.72. The average Bonchev–Trinajstić information content (AvgIpc) is 2.81. The van der Waals surface area contributed by atoms with Crippen molar-refractivity contribution in [3.8, 4) is 22.9 Å². The molecule has 0 saturated heterocycles. The number of hydrogen-bond acceptors (Lipinski definition) is 5. The molecule has 0 atom stereocenters. The van der Waals surface area contributed by atoms with Gasteiger partial charge in [-0.15, -0.1) is 0 Å². The van der Waals surface area contributed by atoms with E-state index in [9.17, 15) is 23.6 Å². The number of nitrogens with zero attached hydrogens (tertiary/aromatic N) is 2. The summed E-state index contributed by atoms with van der Waals surface area (Å²) in [5.74, 6) is -0.684. The molecule has 0 aromatic heterocycles. The predicted octanol–water partition coefficient (Wildman–Crippen LogP) is 5.91. The lowest BCUT2D eigenvalue weighted by Crippen LogP contribution is -2.36. The minimum absolute atomic E-state index is 0.0194. The molecule has 0 spiro atoms. The Morgan fingerprint density at radius 3 is 2.41 bits per heavy atom. The fraction of sp³-hybridized carbons (Fsp3) is 0.259. The molecule has 0 aliphatic carbocycles. The van der Waals surface area contributed by atoms with Crippen molar-refractivity contribution in [1.29, 1.82) is 5.26 Å². The molecule has 0 unspecified atom stereocenters. The van der Waals surface area contributed by atoms with Crippen molar-refractivity contribution in [2.45, 2.75) is 43.7 Å². The second-order valence-electron chi connectivity index (χ2n) is 9.49. The van der Waals surface area contributed by atoms with E-state index in [1.807, 2.05) is 13.8 Å². The number of aryl methyl sites for hydroxylation is 1. The van der Waals surface area contributed by atoms with Gasteiger partial charge in [-0.25, -0.2) is 8.42 Å². The number of halogens is 2. The van der Waals surface area contributed by atoms with E-state index in [-0.39, 0.29) is 22.6 Å². The van der Waals surface area contributed by atoms with E-state index in [1.165, 1.54) is 12.1 Å². The van der Waals surface area contributed by atoms with Gasteiger partial charge in [0.1, 0.15) is 17.9 Å². The number of fused-ring (bicyclic) bond motifs is 1. The first-order chi connectivity index (χ1) is 17.4. The quantitative estimate of drug-likeness (QED) is 0.386. The van der Waals surface area contributed by atoms with E-state index in [2.05, 4.69) is 6.07 Å². The highest BCUT2D eigenvalue weighted by Crippen LogP contribution is 2.35. The van der Waals surface area contributed by atoms with Gasteiger partial charge in [0.05, 0.1) is 16.5 Å². The van der Waals surface area contributed by atoms with Crippen molar-refractivity contribution in [3.63, 3.8) is 0 Å². The van der Waals surface area contributed by atoms with E-state index in [0.29, 0.717) is 38.9 Å². The summed E-state index contributed by atoms with van der Waals surface area (Å²) in [6, 6.07) is 16.4. The Kier molecular flexibility index (Phi) is 7.54. The SMILES string of the molecule is CC1(C)CCc2cc(S(=O)(=O)N(CC(=O)O)Cc3cc(C#N)cc(-c4cc(Cl)cc(Cl)c4)c3)ccc2O1. The van der Waals surface area contributed by atoms with Crippen LogP contribution in [-0.2, 0) is 27.8 Å². The molecule has 1 heterocycles. The first-order valence-electron chi connectivity index (χ1n) is 11.4. The maximum absolute atomic E-state index is 13.6. The Morgan fingerprint density at radius 1 is 1.08 bits per heavy atom. The Morgan fingerprint density at radius 2 is 1.76 bits per heavy atom. The van der Waals surface area contributed by atoms with Crippen LogP contribution in [0.3, 0.4) is 0 Å². The van der Waals surface area contributed by atoms with Gasteiger partial charge in [-0.3, -0.25) is 4.79 Å². The van der Waals surface area contributed by atoms with Crippen LogP contribution in [0.5, 0.6) is 5.75 Å². The molecule has 4 rings (SSSR count). The van der Waals surface area contributed by atoms with Crippen LogP contribution in [0.25, 0.3) is 11.1 Å². The van der Waals surface area contributed by atoms with Crippen molar-refractivity contribution < 1.29 is 23.1 Å². The van der Waals surface area contributed by atoms with Crippen LogP contribution in [0.4, 0.5) is 0 Å². The molecule has 0 radical (unpaired) electrons. The predicted molar refractivity (Wildman–Crippen MR) is 141 cm³/mol. The zero-order chi connectivity index (χ0) is 27.0. The second kappa shape index (κ2) is 10.3. The molecule has 1 aliphatic heterocycles. The highest BCUT2D eigenvalue weighted by molar-refractivity contribution is 7.89. The zero-order valence-corrected chi connectivity index (χ0v) is 22.5. The molecule has 0 bridgehead atoms. The van der Waals surface area contributed by atoms with E-state index in [0.717, 1.165) is 16.3 Å². The number of ether oxygens (including phenoxy) is 1. The van der Waals surface area contributed by atoms with Crippen LogP contribution >= 0.6 is 23.2 Å². The van der Waals surface area contributed by atoms with Crippen molar-refractivity contribution in [2.75, 3.05) is 6.54 Å². The van der Waals surface area contributed by atoms with Crippen molar-refractivity contribution >= 4 is 39.2 Å². The number of hydrogen-bond donors (Lipinski definition) is 1. The maximum Gasteiger partial charge on any atom is 0.318 e. The molecule has 37 heavy (non-hydrogen) atoms. The van der Waals surface area contributed by atoms with Crippen molar-refractivity contribution in [1.82, 2.24) is 4.31 Å². The normalized spacial score (nSPS) is 14.5. The van der Waals surface area contributed by atoms with Gasteiger partial charge in [0.25, 0.3) is 0 Å². The van der Waals surface area contributed by atoms with E-state index < -0.39 is 22.5 Å². The number of benzene rings is 3. The first-order valence-corrected chi connectivity index (χ1v) is 13.6. The van der Waals surface area contributed by atoms with Crippen LogP contribution in [-0.4, -0.2) is 35.9 Å². The molecule has 3 aromatic rings. The topological polar surface area (TPSA) is 108 Å². The summed E-state index contributed by atoms with van der Waals surface area (Å²) in [4.78, 5) is 11.6. The van der Waals surface area contributed by atoms with E-state index in [4.69, 9.17) is 27.9 Å². The maximum atomic E-state index is 13.6. The van der Waals surface area contributed by atoms with Crippen LogP contribution in [0.2, 0.25) is 10.0 Å². The third-order valence-corrected chi connectivity index (χ3v) is 8.26. The summed E-state index contributed by atoms with van der Waals surface area (Å²) >= 11 is 12.3. The number of nitriles is 1. The number of aliphatic carboxylic acids is 1. The number of carbonyl (C=O) groups is 1. The summed E-state index contributed by atoms with van der Waals surface area (Å²) in [6.45, 7) is 2.93. The van der Waals surface area contributed by atoms with Gasteiger partial charge >= 0.3 is 5.97 Å². The van der Waals surface area contributed by atoms with E-state index >= 15 is 0 Å². The number of carboxylic acids is 1. The van der Waals surface area contributed by atoms with Crippen LogP contribution in [0, 0.1) is 11.3 Å². The molecular weight excluding hydrogens is 535 g/mol. The lowest BCUT2D eigenvalue weighted by molar-refractivity contribution is -0.137. The molecule has 0 amide bonds. The summed E-state index contributed by atoms with van der Waals surface area (Å²) in [5.41, 5.74) is 2.37. The lowest BCUT2D eigenvalue weighted by Gasteiger charge is -2.33. The Bertz CT molecular complexity index is 1510. The Hall–Kier alpha value is -3.09. The summed E-state index contributed by atoms with van der Waals surface area (Å²) in [6.07, 6.45) is 1.36. The molecule has 1 aliphatic rings. The highest BCUT2D eigenvalue weighted by atomic mass is 35.5. The van der Waals surface area contributed by atoms with Crippen molar-refractivity contribution in [2.24, 2.45) is 0 Å². The van der Waals surface area contributed by atoms with Crippen LogP contribution < -0.4 is 4.74 Å². The number of sulfonamides is 1. The molecule has 7 nitrogen and oxygen atoms in total. The molecule has 0 fully saturated rings. The summed E-state index contributed by atoms with van der Waals surface area (Å²) in [5, 5.41) is 19.9. The van der Waals surface area contributed by atoms with Gasteiger partial charge in [0, 0.05) is 16.6 Å². The number of carboxylic acid groups (broad SMARTS) is 1. The molecule has 1 N–H and O–H groups in total. The van der Waals surface area contributed by atoms with Gasteiger partial charge in [0.15, 0.2) is 0 Å². The number of rotatable bonds is 7. The molecule has 3 aromatic carbocycles. The first kappa shape index (κ1) is 27.0. The van der Waals surface area contributed by atoms with Gasteiger partial charge in [-0.1, -0.05) is 23.2 Å². The smallest absolute Gasteiger partial charge is 0.318 e. The van der Waals surface area contributed by atoms with Gasteiger partial charge in [0.2, 0.25) is 10.0 Å². The van der Waals surface area contributed by atoms with Gasteiger partial charge in [-0.2, -0.15) is 9.57 Å². The van der Waals surface area contributed by atoms with Crippen molar-refractivity contribution in [3.05, 3.63) is 81.3 Å². The van der Waals surface area contributed by atoms with Gasteiger partial charge in [-0.05, 0) is 104 Å². The second-order valence-corrected chi connectivity index (χ2v) is 12.3. The lowest BCUT2D eigenvalue weighted by atomic mass is 9.94. The summed E-state index contributed by atoms with van der Waals surface area (Å²) < 4.78 is 34.0. The fourth-order valence-electron chi connectivity index (χ4n) is 4.26.